The van der Waals surface area contributed by atoms with E-state index < -0.39 is 17.4 Å². The maximum Gasteiger partial charge on any atom is 0.412 e. The van der Waals surface area contributed by atoms with Crippen molar-refractivity contribution in [3.63, 3.8) is 0 Å². The Morgan fingerprint density at radius 3 is 2.52 bits per heavy atom. The summed E-state index contributed by atoms with van der Waals surface area (Å²) in [5.41, 5.74) is -1.22. The van der Waals surface area contributed by atoms with Crippen LogP contribution in [0.2, 0.25) is 0 Å². The van der Waals surface area contributed by atoms with Crippen molar-refractivity contribution in [2.45, 2.75) is 44.9 Å². The monoisotopic (exact) mass is 347 g/mol. The number of nitrogens with zero attached hydrogens (tertiary/aromatic N) is 2. The van der Waals surface area contributed by atoms with E-state index in [0.717, 1.165) is 5.56 Å². The van der Waals surface area contributed by atoms with E-state index in [0.29, 0.717) is 5.69 Å². The molecule has 0 bridgehead atoms. The minimum absolute atomic E-state index is 0.0496. The number of anilines is 1. The second kappa shape index (κ2) is 7.09. The molecule has 134 valence electrons. The van der Waals surface area contributed by atoms with Crippen LogP contribution in [-0.4, -0.2) is 41.3 Å². The number of alkyl halides is 1. The molecule has 1 heterocycles. The highest BCUT2D eigenvalue weighted by molar-refractivity contribution is 5.85. The molecule has 2 rings (SSSR count). The smallest absolute Gasteiger partial charge is 0.412 e. The number of hydrogen-bond donors (Lipinski definition) is 1. The number of halogens is 1. The van der Waals surface area contributed by atoms with E-state index in [4.69, 9.17) is 10.00 Å². The molecule has 0 aromatic heterocycles. The molecule has 2 amide bonds. The zero-order valence-corrected chi connectivity index (χ0v) is 14.6. The number of ether oxygens (including phenoxy) is 1. The van der Waals surface area contributed by atoms with Gasteiger partial charge in [-0.2, -0.15) is 5.26 Å². The molecule has 1 aliphatic rings. The van der Waals surface area contributed by atoms with Crippen molar-refractivity contribution in [3.8, 4) is 6.07 Å². The molecular formula is C18H22FN3O3. The summed E-state index contributed by atoms with van der Waals surface area (Å²) < 4.78 is 19.0. The van der Waals surface area contributed by atoms with Crippen molar-refractivity contribution < 1.29 is 18.7 Å². The Kier molecular flexibility index (Phi) is 5.31. The molecule has 1 atom stereocenters. The third-order valence-corrected chi connectivity index (χ3v) is 3.73. The maximum absolute atomic E-state index is 13.9. The Balaban J connectivity index is 1.89. The minimum Gasteiger partial charge on any atom is -0.444 e. The molecule has 1 aromatic carbocycles. The number of carbonyl (C=O) groups excluding carboxylic acids is 2. The van der Waals surface area contributed by atoms with E-state index in [1.807, 2.05) is 0 Å². The lowest BCUT2D eigenvalue weighted by Crippen LogP contribution is -2.33. The average molecular weight is 347 g/mol. The Bertz CT molecular complexity index is 691. The van der Waals surface area contributed by atoms with Gasteiger partial charge in [0.15, 0.2) is 0 Å². The van der Waals surface area contributed by atoms with Crippen LogP contribution in [0, 0.1) is 11.3 Å². The van der Waals surface area contributed by atoms with Crippen molar-refractivity contribution in [1.82, 2.24) is 4.90 Å². The second-order valence-electron chi connectivity index (χ2n) is 7.14. The van der Waals surface area contributed by atoms with Gasteiger partial charge in [-0.15, -0.1) is 0 Å². The normalized spacial score (nSPS) is 20.0. The van der Waals surface area contributed by atoms with Gasteiger partial charge < -0.3 is 9.64 Å². The highest BCUT2D eigenvalue weighted by atomic mass is 19.1. The molecule has 1 N–H and O–H groups in total. The van der Waals surface area contributed by atoms with Crippen LogP contribution in [0.1, 0.15) is 32.8 Å². The van der Waals surface area contributed by atoms with Gasteiger partial charge in [-0.1, -0.05) is 12.1 Å². The predicted octanol–water partition coefficient (Wildman–Crippen LogP) is 3.04. The van der Waals surface area contributed by atoms with Crippen molar-refractivity contribution in [3.05, 3.63) is 29.8 Å². The van der Waals surface area contributed by atoms with Gasteiger partial charge in [-0.25, -0.2) is 9.18 Å². The van der Waals surface area contributed by atoms with Gasteiger partial charge in [0.05, 0.1) is 13.0 Å². The first-order valence-corrected chi connectivity index (χ1v) is 8.07. The molecule has 1 fully saturated rings. The van der Waals surface area contributed by atoms with Crippen molar-refractivity contribution in [2.24, 2.45) is 0 Å². The van der Waals surface area contributed by atoms with Crippen LogP contribution in [0.25, 0.3) is 0 Å². The van der Waals surface area contributed by atoms with E-state index >= 15 is 0 Å². The van der Waals surface area contributed by atoms with Crippen LogP contribution in [0.5, 0.6) is 0 Å². The number of benzene rings is 1. The van der Waals surface area contributed by atoms with E-state index in [1.165, 1.54) is 4.90 Å². The summed E-state index contributed by atoms with van der Waals surface area (Å²) in [4.78, 5) is 25.3. The third kappa shape index (κ3) is 5.45. The van der Waals surface area contributed by atoms with Gasteiger partial charge in [0.1, 0.15) is 11.7 Å². The standard InChI is InChI=1S/C18H22FN3O3/c1-17(2,3)25-16(24)21-14-6-4-13(5-7-14)10-15(23)22-9-8-18(19,11-20)12-22/h4-7H,8-10,12H2,1-3H3,(H,21,24)/t18-/m0/s1. The molecule has 25 heavy (non-hydrogen) atoms. The summed E-state index contributed by atoms with van der Waals surface area (Å²) in [5.74, 6) is -0.220. The van der Waals surface area contributed by atoms with Gasteiger partial charge in [0, 0.05) is 18.7 Å². The van der Waals surface area contributed by atoms with Crippen LogP contribution in [-0.2, 0) is 16.0 Å². The first kappa shape index (κ1) is 18.7. The number of amides is 2. The van der Waals surface area contributed by atoms with E-state index in [-0.39, 0.29) is 31.8 Å². The lowest BCUT2D eigenvalue weighted by Gasteiger charge is -2.19. The predicted molar refractivity (Wildman–Crippen MR) is 90.7 cm³/mol. The van der Waals surface area contributed by atoms with E-state index in [2.05, 4.69) is 5.32 Å². The molecular weight excluding hydrogens is 325 g/mol. The Morgan fingerprint density at radius 2 is 2.00 bits per heavy atom. The first-order valence-electron chi connectivity index (χ1n) is 8.07. The number of nitrogens with one attached hydrogen (secondary N) is 1. The molecule has 7 heteroatoms. The summed E-state index contributed by atoms with van der Waals surface area (Å²) >= 11 is 0. The Labute approximate surface area is 146 Å². The second-order valence-corrected chi connectivity index (χ2v) is 7.14. The minimum atomic E-state index is -1.93. The zero-order chi connectivity index (χ0) is 18.7. The van der Waals surface area contributed by atoms with E-state index in [9.17, 15) is 14.0 Å². The Hall–Kier alpha value is -2.62. The summed E-state index contributed by atoms with van der Waals surface area (Å²) in [7, 11) is 0. The lowest BCUT2D eigenvalue weighted by molar-refractivity contribution is -0.129. The average Bonchev–Trinajstić information content (AvgIpc) is 2.91. The number of rotatable bonds is 3. The SMILES string of the molecule is CC(C)(C)OC(=O)Nc1ccc(CC(=O)N2CC[C@](F)(C#N)C2)cc1. The first-order chi connectivity index (χ1) is 11.6. The summed E-state index contributed by atoms with van der Waals surface area (Å²) in [6.45, 7) is 5.40. The fourth-order valence-electron chi connectivity index (χ4n) is 2.49. The number of hydrogen-bond acceptors (Lipinski definition) is 4. The molecule has 0 spiro atoms. The van der Waals surface area contributed by atoms with Gasteiger partial charge in [0.25, 0.3) is 0 Å². The molecule has 1 aliphatic heterocycles. The fraction of sp³-hybridized carbons (Fsp3) is 0.500. The van der Waals surface area contributed by atoms with Crippen LogP contribution in [0.15, 0.2) is 24.3 Å². The molecule has 1 saturated heterocycles. The molecule has 6 nitrogen and oxygen atoms in total. The van der Waals surface area contributed by atoms with Gasteiger partial charge in [0.2, 0.25) is 11.6 Å². The topological polar surface area (TPSA) is 82.4 Å². The summed E-state index contributed by atoms with van der Waals surface area (Å²) in [5, 5.41) is 11.4. The zero-order valence-electron chi connectivity index (χ0n) is 14.6. The fourth-order valence-corrected chi connectivity index (χ4v) is 2.49. The molecule has 0 saturated carbocycles. The van der Waals surface area contributed by atoms with Crippen LogP contribution < -0.4 is 5.32 Å². The van der Waals surface area contributed by atoms with Gasteiger partial charge >= 0.3 is 6.09 Å². The van der Waals surface area contributed by atoms with Crippen LogP contribution in [0.3, 0.4) is 0 Å². The molecule has 0 unspecified atom stereocenters. The van der Waals surface area contributed by atoms with Gasteiger partial charge in [-0.3, -0.25) is 10.1 Å². The maximum atomic E-state index is 13.9. The molecule has 0 aliphatic carbocycles. The largest absolute Gasteiger partial charge is 0.444 e. The summed E-state index contributed by atoms with van der Waals surface area (Å²) in [6.07, 6.45) is -0.383. The van der Waals surface area contributed by atoms with Crippen LogP contribution >= 0.6 is 0 Å². The van der Waals surface area contributed by atoms with E-state index in [1.54, 1.807) is 51.1 Å². The third-order valence-electron chi connectivity index (χ3n) is 3.73. The molecule has 0 radical (unpaired) electrons. The number of nitriles is 1. The molecule has 1 aromatic rings. The number of carbonyl (C=O) groups is 2. The highest BCUT2D eigenvalue weighted by Crippen LogP contribution is 2.25. The van der Waals surface area contributed by atoms with Crippen LogP contribution in [0.4, 0.5) is 14.9 Å². The Morgan fingerprint density at radius 1 is 1.36 bits per heavy atom. The van der Waals surface area contributed by atoms with Crippen molar-refractivity contribution in [2.75, 3.05) is 18.4 Å². The summed E-state index contributed by atoms with van der Waals surface area (Å²) in [6, 6.07) is 8.39. The lowest BCUT2D eigenvalue weighted by atomic mass is 10.1. The van der Waals surface area contributed by atoms with Crippen molar-refractivity contribution in [1.29, 1.82) is 5.26 Å². The quantitative estimate of drug-likeness (QED) is 0.911. The van der Waals surface area contributed by atoms with Gasteiger partial charge in [-0.05, 0) is 38.5 Å². The van der Waals surface area contributed by atoms with Crippen molar-refractivity contribution >= 4 is 17.7 Å². The highest BCUT2D eigenvalue weighted by Gasteiger charge is 2.40. The number of likely N-dealkylation sites (tertiary alicyclic amines) is 1.